The first-order valence-electron chi connectivity index (χ1n) is 6.93. The maximum absolute atomic E-state index is 13.8. The molecule has 0 unspecified atom stereocenters. The number of hydrogen-bond donors (Lipinski definition) is 1. The van der Waals surface area contributed by atoms with E-state index in [1.54, 1.807) is 25.2 Å². The van der Waals surface area contributed by atoms with Crippen molar-refractivity contribution in [2.24, 2.45) is 0 Å². The lowest BCUT2D eigenvalue weighted by atomic mass is 9.99. The molecule has 1 aliphatic heterocycles. The number of carbonyl (C=O) groups is 1. The number of benzene rings is 1. The van der Waals surface area contributed by atoms with Crippen molar-refractivity contribution in [1.29, 1.82) is 0 Å². The summed E-state index contributed by atoms with van der Waals surface area (Å²) in [6, 6.07) is 6.36. The Kier molecular flexibility index (Phi) is 4.40. The van der Waals surface area contributed by atoms with Crippen LogP contribution in [0.3, 0.4) is 0 Å². The number of piperazine rings is 1. The highest BCUT2D eigenvalue weighted by atomic mass is 19.1. The lowest BCUT2D eigenvalue weighted by Gasteiger charge is -2.41. The molecule has 1 saturated heterocycles. The smallest absolute Gasteiger partial charge is 0.246 e. The third kappa shape index (κ3) is 2.83. The molecule has 1 amide bonds. The molecule has 5 heteroatoms. The summed E-state index contributed by atoms with van der Waals surface area (Å²) < 4.78 is 13.8. The van der Waals surface area contributed by atoms with Crippen molar-refractivity contribution in [3.05, 3.63) is 30.1 Å². The minimum Gasteiger partial charge on any atom is -0.314 e. The van der Waals surface area contributed by atoms with E-state index in [1.807, 2.05) is 13.8 Å². The molecule has 1 aromatic rings. The van der Waals surface area contributed by atoms with Crippen LogP contribution in [0.4, 0.5) is 10.1 Å². The monoisotopic (exact) mass is 279 g/mol. The summed E-state index contributed by atoms with van der Waals surface area (Å²) in [7, 11) is 1.63. The van der Waals surface area contributed by atoms with E-state index >= 15 is 0 Å². The summed E-state index contributed by atoms with van der Waals surface area (Å²) in [6.45, 7) is 7.20. The number of carbonyl (C=O) groups excluding carboxylic acids is 1. The van der Waals surface area contributed by atoms with Crippen molar-refractivity contribution < 1.29 is 9.18 Å². The molecule has 0 atom stereocenters. The Hall–Kier alpha value is -1.46. The van der Waals surface area contributed by atoms with Gasteiger partial charge in [0.15, 0.2) is 0 Å². The van der Waals surface area contributed by atoms with Crippen LogP contribution in [0.2, 0.25) is 0 Å². The number of likely N-dealkylation sites (N-methyl/N-ethyl adjacent to an activating group) is 1. The average Bonchev–Trinajstić information content (AvgIpc) is 2.47. The van der Waals surface area contributed by atoms with Crippen molar-refractivity contribution >= 4 is 11.6 Å². The maximum Gasteiger partial charge on any atom is 0.246 e. The van der Waals surface area contributed by atoms with Gasteiger partial charge in [0.25, 0.3) is 0 Å². The summed E-state index contributed by atoms with van der Waals surface area (Å²) in [6.07, 6.45) is 0. The van der Waals surface area contributed by atoms with Gasteiger partial charge in [-0.15, -0.1) is 0 Å². The molecule has 1 heterocycles. The fourth-order valence-electron chi connectivity index (χ4n) is 2.60. The van der Waals surface area contributed by atoms with Crippen LogP contribution in [0.15, 0.2) is 24.3 Å². The molecule has 20 heavy (non-hydrogen) atoms. The summed E-state index contributed by atoms with van der Waals surface area (Å²) in [5.41, 5.74) is -0.320. The van der Waals surface area contributed by atoms with Gasteiger partial charge in [-0.2, -0.15) is 0 Å². The summed E-state index contributed by atoms with van der Waals surface area (Å²) in [5, 5.41) is 3.27. The number of hydrogen-bond acceptors (Lipinski definition) is 3. The van der Waals surface area contributed by atoms with Gasteiger partial charge in [0.2, 0.25) is 5.91 Å². The third-order valence-corrected chi connectivity index (χ3v) is 3.95. The highest BCUT2D eigenvalue weighted by molar-refractivity contribution is 5.99. The number of amides is 1. The Bertz CT molecular complexity index is 484. The van der Waals surface area contributed by atoms with E-state index in [4.69, 9.17) is 0 Å². The van der Waals surface area contributed by atoms with E-state index in [0.717, 1.165) is 26.2 Å². The van der Waals surface area contributed by atoms with Gasteiger partial charge in [-0.1, -0.05) is 12.1 Å². The van der Waals surface area contributed by atoms with Crippen LogP contribution in [0.25, 0.3) is 0 Å². The molecule has 0 spiro atoms. The second-order valence-electron chi connectivity index (χ2n) is 5.61. The largest absolute Gasteiger partial charge is 0.314 e. The Morgan fingerprint density at radius 2 is 1.90 bits per heavy atom. The van der Waals surface area contributed by atoms with Crippen molar-refractivity contribution in [1.82, 2.24) is 10.2 Å². The van der Waals surface area contributed by atoms with E-state index in [0.29, 0.717) is 5.69 Å². The molecule has 0 aromatic heterocycles. The van der Waals surface area contributed by atoms with Gasteiger partial charge in [0, 0.05) is 33.2 Å². The van der Waals surface area contributed by atoms with Crippen LogP contribution in [0, 0.1) is 5.82 Å². The van der Waals surface area contributed by atoms with E-state index in [-0.39, 0.29) is 11.7 Å². The van der Waals surface area contributed by atoms with Crippen LogP contribution < -0.4 is 10.2 Å². The fourth-order valence-corrected chi connectivity index (χ4v) is 2.60. The predicted molar refractivity (Wildman–Crippen MR) is 78.3 cm³/mol. The van der Waals surface area contributed by atoms with E-state index in [1.165, 1.54) is 11.0 Å². The minimum absolute atomic E-state index is 0.0931. The van der Waals surface area contributed by atoms with Crippen LogP contribution in [0.5, 0.6) is 0 Å². The van der Waals surface area contributed by atoms with Crippen LogP contribution >= 0.6 is 0 Å². The van der Waals surface area contributed by atoms with Gasteiger partial charge >= 0.3 is 0 Å². The van der Waals surface area contributed by atoms with Gasteiger partial charge in [0.05, 0.1) is 11.2 Å². The Morgan fingerprint density at radius 1 is 1.30 bits per heavy atom. The number of rotatable bonds is 3. The SMILES string of the molecule is CN(C(=O)C(C)(C)N1CCNCC1)c1ccccc1F. The normalized spacial score (nSPS) is 17.0. The first kappa shape index (κ1) is 14.9. The van der Waals surface area contributed by atoms with Gasteiger partial charge in [-0.05, 0) is 26.0 Å². The number of halogens is 1. The number of nitrogens with one attached hydrogen (secondary N) is 1. The molecule has 1 aliphatic rings. The molecule has 0 aliphatic carbocycles. The molecule has 4 nitrogen and oxygen atoms in total. The average molecular weight is 279 g/mol. The molecule has 1 fully saturated rings. The summed E-state index contributed by atoms with van der Waals surface area (Å²) in [5.74, 6) is -0.469. The van der Waals surface area contributed by atoms with Gasteiger partial charge in [-0.25, -0.2) is 4.39 Å². The van der Waals surface area contributed by atoms with Crippen LogP contribution in [-0.2, 0) is 4.79 Å². The van der Waals surface area contributed by atoms with Gasteiger partial charge < -0.3 is 10.2 Å². The van der Waals surface area contributed by atoms with E-state index in [9.17, 15) is 9.18 Å². The fraction of sp³-hybridized carbons (Fsp3) is 0.533. The minimum atomic E-state index is -0.640. The Morgan fingerprint density at radius 3 is 2.50 bits per heavy atom. The zero-order chi connectivity index (χ0) is 14.8. The predicted octanol–water partition coefficient (Wildman–Crippen LogP) is 1.47. The standard InChI is InChI=1S/C15H22FN3O/c1-15(2,19-10-8-17-9-11-19)14(20)18(3)13-7-5-4-6-12(13)16/h4-7,17H,8-11H2,1-3H3. The lowest BCUT2D eigenvalue weighted by molar-refractivity contribution is -0.129. The zero-order valence-corrected chi connectivity index (χ0v) is 12.3. The molecule has 1 N–H and O–H groups in total. The van der Waals surface area contributed by atoms with Crippen molar-refractivity contribution in [2.75, 3.05) is 38.1 Å². The molecule has 1 aromatic carbocycles. The third-order valence-electron chi connectivity index (χ3n) is 3.95. The molecule has 110 valence electrons. The number of para-hydroxylation sites is 1. The van der Waals surface area contributed by atoms with E-state index in [2.05, 4.69) is 10.2 Å². The Labute approximate surface area is 119 Å². The quantitative estimate of drug-likeness (QED) is 0.910. The zero-order valence-electron chi connectivity index (χ0n) is 12.3. The highest BCUT2D eigenvalue weighted by Gasteiger charge is 2.37. The summed E-state index contributed by atoms with van der Waals surface area (Å²) >= 11 is 0. The molecule has 0 bridgehead atoms. The first-order chi connectivity index (χ1) is 9.44. The van der Waals surface area contributed by atoms with Crippen LogP contribution in [-0.4, -0.2) is 49.6 Å². The topological polar surface area (TPSA) is 35.6 Å². The lowest BCUT2D eigenvalue weighted by Crippen LogP contribution is -2.60. The van der Waals surface area contributed by atoms with Crippen molar-refractivity contribution in [2.45, 2.75) is 19.4 Å². The van der Waals surface area contributed by atoms with Gasteiger partial charge in [-0.3, -0.25) is 9.69 Å². The Balaban J connectivity index is 2.19. The second kappa shape index (κ2) is 5.89. The van der Waals surface area contributed by atoms with Crippen LogP contribution in [0.1, 0.15) is 13.8 Å². The van der Waals surface area contributed by atoms with E-state index < -0.39 is 5.54 Å². The number of anilines is 1. The van der Waals surface area contributed by atoms with Gasteiger partial charge in [0.1, 0.15) is 5.82 Å². The molecular formula is C15H22FN3O. The second-order valence-corrected chi connectivity index (χ2v) is 5.61. The highest BCUT2D eigenvalue weighted by Crippen LogP contribution is 2.24. The number of nitrogens with zero attached hydrogens (tertiary/aromatic N) is 2. The molecular weight excluding hydrogens is 257 g/mol. The molecule has 0 saturated carbocycles. The summed E-state index contributed by atoms with van der Waals surface area (Å²) in [4.78, 5) is 16.3. The molecule has 0 radical (unpaired) electrons. The first-order valence-corrected chi connectivity index (χ1v) is 6.93. The van der Waals surface area contributed by atoms with Crippen molar-refractivity contribution in [3.63, 3.8) is 0 Å². The molecule has 2 rings (SSSR count). The van der Waals surface area contributed by atoms with Crippen molar-refractivity contribution in [3.8, 4) is 0 Å². The maximum atomic E-state index is 13.8.